The van der Waals surface area contributed by atoms with Crippen molar-refractivity contribution in [2.75, 3.05) is 6.61 Å². The van der Waals surface area contributed by atoms with Gasteiger partial charge in [-0.2, -0.15) is 0 Å². The van der Waals surface area contributed by atoms with Crippen LogP contribution >= 0.6 is 0 Å². The number of amides is 1. The first-order chi connectivity index (χ1) is 7.30. The summed E-state index contributed by atoms with van der Waals surface area (Å²) < 4.78 is 5.00. The van der Waals surface area contributed by atoms with Gasteiger partial charge in [-0.3, -0.25) is 0 Å². The Morgan fingerprint density at radius 1 is 1.50 bits per heavy atom. The van der Waals surface area contributed by atoms with E-state index in [1.54, 1.807) is 33.8 Å². The number of ether oxygens (including phenoxy) is 1. The van der Waals surface area contributed by atoms with Crippen molar-refractivity contribution in [2.45, 2.75) is 45.4 Å². The maximum Gasteiger partial charge on any atom is 0.408 e. The summed E-state index contributed by atoms with van der Waals surface area (Å²) >= 11 is 0. The number of hydrogen-bond acceptors (Lipinski definition) is 4. The molecular formula is C11H21NO4. The molecule has 0 bridgehead atoms. The molecule has 2 atom stereocenters. The minimum absolute atomic E-state index is 0.356. The van der Waals surface area contributed by atoms with Crippen LogP contribution in [0, 0.1) is 0 Å². The average molecular weight is 231 g/mol. The average Bonchev–Trinajstić information content (AvgIpc) is 2.11. The van der Waals surface area contributed by atoms with E-state index in [0.717, 1.165) is 0 Å². The highest BCUT2D eigenvalue weighted by atomic mass is 16.6. The largest absolute Gasteiger partial charge is 0.444 e. The Morgan fingerprint density at radius 3 is 2.44 bits per heavy atom. The smallest absolute Gasteiger partial charge is 0.408 e. The summed E-state index contributed by atoms with van der Waals surface area (Å²) in [5, 5.41) is 20.9. The minimum Gasteiger partial charge on any atom is -0.444 e. The highest BCUT2D eigenvalue weighted by Gasteiger charge is 2.22. The summed E-state index contributed by atoms with van der Waals surface area (Å²) in [6, 6.07) is -0.758. The SMILES string of the molecule is C/C=C/[C@@H](O)[C@H](CO)NC(=O)OC(C)(C)C. The summed E-state index contributed by atoms with van der Waals surface area (Å²) in [4.78, 5) is 11.4. The predicted octanol–water partition coefficient (Wildman–Crippen LogP) is 0.809. The third kappa shape index (κ3) is 6.42. The van der Waals surface area contributed by atoms with Crippen molar-refractivity contribution in [3.8, 4) is 0 Å². The van der Waals surface area contributed by atoms with Crippen LogP contribution < -0.4 is 5.32 Å². The van der Waals surface area contributed by atoms with Gasteiger partial charge in [0.05, 0.1) is 18.8 Å². The van der Waals surface area contributed by atoms with E-state index in [2.05, 4.69) is 5.32 Å². The van der Waals surface area contributed by atoms with Crippen LogP contribution in [0.2, 0.25) is 0 Å². The summed E-state index contributed by atoms with van der Waals surface area (Å²) in [6.07, 6.45) is 1.54. The molecule has 1 amide bonds. The highest BCUT2D eigenvalue weighted by Crippen LogP contribution is 2.07. The van der Waals surface area contributed by atoms with Crippen LogP contribution in [0.1, 0.15) is 27.7 Å². The molecule has 0 aliphatic heterocycles. The second-order valence-electron chi connectivity index (χ2n) is 4.45. The molecule has 0 heterocycles. The molecule has 0 radical (unpaired) electrons. The van der Waals surface area contributed by atoms with Crippen molar-refractivity contribution in [3.05, 3.63) is 12.2 Å². The third-order valence-corrected chi connectivity index (χ3v) is 1.70. The van der Waals surface area contributed by atoms with Crippen molar-refractivity contribution in [2.24, 2.45) is 0 Å². The predicted molar refractivity (Wildman–Crippen MR) is 61.1 cm³/mol. The van der Waals surface area contributed by atoms with E-state index in [1.807, 2.05) is 0 Å². The fourth-order valence-electron chi connectivity index (χ4n) is 1.03. The summed E-state index contributed by atoms with van der Waals surface area (Å²) in [6.45, 7) is 6.60. The van der Waals surface area contributed by atoms with Gasteiger partial charge in [0.1, 0.15) is 5.60 Å². The molecule has 0 spiro atoms. The number of carbonyl (C=O) groups excluding carboxylic acids is 1. The molecule has 0 saturated carbocycles. The summed E-state index contributed by atoms with van der Waals surface area (Å²) in [5.41, 5.74) is -0.602. The first-order valence-electron chi connectivity index (χ1n) is 5.21. The molecule has 0 aromatic heterocycles. The zero-order valence-corrected chi connectivity index (χ0v) is 10.2. The lowest BCUT2D eigenvalue weighted by Gasteiger charge is -2.24. The maximum atomic E-state index is 11.4. The Bertz CT molecular complexity index is 245. The fourth-order valence-corrected chi connectivity index (χ4v) is 1.03. The number of rotatable bonds is 4. The lowest BCUT2D eigenvalue weighted by atomic mass is 10.1. The zero-order valence-electron chi connectivity index (χ0n) is 10.2. The first kappa shape index (κ1) is 14.9. The second-order valence-corrected chi connectivity index (χ2v) is 4.45. The van der Waals surface area contributed by atoms with Crippen molar-refractivity contribution >= 4 is 6.09 Å². The second kappa shape index (κ2) is 6.50. The molecule has 0 saturated heterocycles. The molecule has 16 heavy (non-hydrogen) atoms. The number of allylic oxidation sites excluding steroid dienone is 1. The summed E-state index contributed by atoms with van der Waals surface area (Å²) in [5.74, 6) is 0. The minimum atomic E-state index is -0.928. The van der Waals surface area contributed by atoms with E-state index < -0.39 is 23.8 Å². The van der Waals surface area contributed by atoms with Gasteiger partial charge >= 0.3 is 6.09 Å². The lowest BCUT2D eigenvalue weighted by Crippen LogP contribution is -2.46. The van der Waals surface area contributed by atoms with Gasteiger partial charge in [0.15, 0.2) is 0 Å². The monoisotopic (exact) mass is 231 g/mol. The van der Waals surface area contributed by atoms with Crippen LogP contribution in [-0.4, -0.2) is 40.7 Å². The molecule has 5 nitrogen and oxygen atoms in total. The third-order valence-electron chi connectivity index (χ3n) is 1.70. The number of aliphatic hydroxyl groups excluding tert-OH is 2. The first-order valence-corrected chi connectivity index (χ1v) is 5.21. The standard InChI is InChI=1S/C11H21NO4/c1-5-6-9(14)8(7-13)12-10(15)16-11(2,3)4/h5-6,8-9,13-14H,7H2,1-4H3,(H,12,15)/b6-5+/t8-,9+/m0/s1. The van der Waals surface area contributed by atoms with E-state index >= 15 is 0 Å². The van der Waals surface area contributed by atoms with E-state index in [1.165, 1.54) is 6.08 Å². The van der Waals surface area contributed by atoms with Crippen molar-refractivity contribution in [3.63, 3.8) is 0 Å². The molecule has 0 aliphatic carbocycles. The molecular weight excluding hydrogens is 210 g/mol. The molecule has 0 aromatic rings. The van der Waals surface area contributed by atoms with Crippen molar-refractivity contribution < 1.29 is 19.7 Å². The van der Waals surface area contributed by atoms with E-state index in [-0.39, 0.29) is 6.61 Å². The van der Waals surface area contributed by atoms with Crippen molar-refractivity contribution in [1.29, 1.82) is 0 Å². The number of carbonyl (C=O) groups is 1. The maximum absolute atomic E-state index is 11.4. The molecule has 0 aromatic carbocycles. The van der Waals surface area contributed by atoms with E-state index in [0.29, 0.717) is 0 Å². The quantitative estimate of drug-likeness (QED) is 0.626. The fraction of sp³-hybridized carbons (Fsp3) is 0.727. The van der Waals surface area contributed by atoms with Crippen LogP contribution in [0.4, 0.5) is 4.79 Å². The van der Waals surface area contributed by atoms with Crippen LogP contribution in [-0.2, 0) is 4.74 Å². The molecule has 0 unspecified atom stereocenters. The number of aliphatic hydroxyl groups is 2. The normalized spacial score (nSPS) is 15.9. The van der Waals surface area contributed by atoms with Gasteiger partial charge in [0.2, 0.25) is 0 Å². The molecule has 0 fully saturated rings. The Labute approximate surface area is 96.1 Å². The Kier molecular flexibility index (Phi) is 6.06. The molecule has 3 N–H and O–H groups in total. The number of alkyl carbamates (subject to hydrolysis) is 1. The number of hydrogen-bond donors (Lipinski definition) is 3. The van der Waals surface area contributed by atoms with Gasteiger partial charge in [0.25, 0.3) is 0 Å². The van der Waals surface area contributed by atoms with E-state index in [4.69, 9.17) is 9.84 Å². The van der Waals surface area contributed by atoms with Gasteiger partial charge in [-0.15, -0.1) is 0 Å². The highest BCUT2D eigenvalue weighted by molar-refractivity contribution is 5.68. The Hall–Kier alpha value is -1.07. The van der Waals surface area contributed by atoms with Crippen LogP contribution in [0.5, 0.6) is 0 Å². The van der Waals surface area contributed by atoms with Crippen LogP contribution in [0.15, 0.2) is 12.2 Å². The van der Waals surface area contributed by atoms with Crippen LogP contribution in [0.3, 0.4) is 0 Å². The van der Waals surface area contributed by atoms with Gasteiger partial charge < -0.3 is 20.3 Å². The molecule has 0 aliphatic rings. The van der Waals surface area contributed by atoms with Crippen LogP contribution in [0.25, 0.3) is 0 Å². The Morgan fingerprint density at radius 2 is 2.06 bits per heavy atom. The Balaban J connectivity index is 4.27. The van der Waals surface area contributed by atoms with E-state index in [9.17, 15) is 9.90 Å². The topological polar surface area (TPSA) is 78.8 Å². The number of nitrogens with one attached hydrogen (secondary N) is 1. The van der Waals surface area contributed by atoms with Gasteiger partial charge in [-0.1, -0.05) is 12.2 Å². The summed E-state index contributed by atoms with van der Waals surface area (Å²) in [7, 11) is 0. The van der Waals surface area contributed by atoms with Gasteiger partial charge in [0, 0.05) is 0 Å². The van der Waals surface area contributed by atoms with Crippen molar-refractivity contribution in [1.82, 2.24) is 5.32 Å². The zero-order chi connectivity index (χ0) is 12.8. The van der Waals surface area contributed by atoms with Gasteiger partial charge in [-0.05, 0) is 27.7 Å². The molecule has 94 valence electrons. The lowest BCUT2D eigenvalue weighted by molar-refractivity contribution is 0.0406. The van der Waals surface area contributed by atoms with Gasteiger partial charge in [-0.25, -0.2) is 4.79 Å². The molecule has 0 rings (SSSR count). The molecule has 5 heteroatoms.